The van der Waals surface area contributed by atoms with Gasteiger partial charge in [-0.1, -0.05) is 6.07 Å². The number of aromatic nitrogens is 2. The van der Waals surface area contributed by atoms with Crippen LogP contribution in [0.1, 0.15) is 16.8 Å². The molecule has 2 aromatic heterocycles. The zero-order valence-corrected chi connectivity index (χ0v) is 12.4. The lowest BCUT2D eigenvalue weighted by Gasteiger charge is -2.09. The normalized spacial score (nSPS) is 10.5. The maximum Gasteiger partial charge on any atom is 0.126 e. The third-order valence-corrected chi connectivity index (χ3v) is 3.91. The summed E-state index contributed by atoms with van der Waals surface area (Å²) in [5, 5.41) is 12.1. The minimum absolute atomic E-state index is 0.223. The third-order valence-electron chi connectivity index (χ3n) is 2.91. The molecule has 0 radical (unpaired) electrons. The van der Waals surface area contributed by atoms with Gasteiger partial charge in [0, 0.05) is 36.1 Å². The van der Waals surface area contributed by atoms with E-state index in [1.165, 1.54) is 11.1 Å². The molecule has 2 rings (SSSR count). The molecule has 0 aliphatic rings. The molecule has 5 heteroatoms. The maximum atomic E-state index is 8.78. The van der Waals surface area contributed by atoms with E-state index in [9.17, 15) is 0 Å². The van der Waals surface area contributed by atoms with Gasteiger partial charge in [-0.2, -0.15) is 11.8 Å². The first kappa shape index (κ1) is 14.8. The number of nitrogens with zero attached hydrogens (tertiary/aromatic N) is 2. The van der Waals surface area contributed by atoms with Gasteiger partial charge in [-0.05, 0) is 36.2 Å². The minimum atomic E-state index is 0.223. The monoisotopic (exact) mass is 289 g/mol. The fraction of sp³-hybridized carbons (Fsp3) is 0.333. The van der Waals surface area contributed by atoms with Crippen molar-refractivity contribution in [1.29, 1.82) is 0 Å². The highest BCUT2D eigenvalue weighted by Crippen LogP contribution is 2.15. The third kappa shape index (κ3) is 4.51. The SMILES string of the molecule is Cc1ncccc1CNc1cc(CSCCO)ccn1. The number of hydrogen-bond donors (Lipinski definition) is 2. The fourth-order valence-electron chi connectivity index (χ4n) is 1.81. The van der Waals surface area contributed by atoms with Gasteiger partial charge in [-0.25, -0.2) is 4.98 Å². The van der Waals surface area contributed by atoms with Crippen LogP contribution < -0.4 is 5.32 Å². The molecule has 0 unspecified atom stereocenters. The Hall–Kier alpha value is -1.59. The molecule has 0 aliphatic carbocycles. The number of thioether (sulfide) groups is 1. The molecule has 0 fully saturated rings. The van der Waals surface area contributed by atoms with E-state index in [1.54, 1.807) is 18.0 Å². The fourth-order valence-corrected chi connectivity index (χ4v) is 2.49. The molecule has 4 nitrogen and oxygen atoms in total. The molecule has 0 spiro atoms. The van der Waals surface area contributed by atoms with Crippen molar-refractivity contribution in [3.05, 3.63) is 53.5 Å². The van der Waals surface area contributed by atoms with Crippen molar-refractivity contribution < 1.29 is 5.11 Å². The molecule has 0 aromatic carbocycles. The van der Waals surface area contributed by atoms with E-state index >= 15 is 0 Å². The minimum Gasteiger partial charge on any atom is -0.396 e. The summed E-state index contributed by atoms with van der Waals surface area (Å²) in [6.07, 6.45) is 3.61. The summed E-state index contributed by atoms with van der Waals surface area (Å²) in [5.41, 5.74) is 3.42. The molecule has 2 N–H and O–H groups in total. The van der Waals surface area contributed by atoms with E-state index < -0.39 is 0 Å². The molecule has 0 atom stereocenters. The van der Waals surface area contributed by atoms with Crippen molar-refractivity contribution in [3.63, 3.8) is 0 Å². The summed E-state index contributed by atoms with van der Waals surface area (Å²) in [6.45, 7) is 2.95. The molecule has 0 amide bonds. The van der Waals surface area contributed by atoms with Gasteiger partial charge in [0.1, 0.15) is 5.82 Å². The van der Waals surface area contributed by atoms with Gasteiger partial charge in [0.25, 0.3) is 0 Å². The highest BCUT2D eigenvalue weighted by atomic mass is 32.2. The number of aliphatic hydroxyl groups is 1. The van der Waals surface area contributed by atoms with Crippen molar-refractivity contribution in [2.75, 3.05) is 17.7 Å². The van der Waals surface area contributed by atoms with E-state index in [0.717, 1.165) is 29.6 Å². The maximum absolute atomic E-state index is 8.78. The molecular weight excluding hydrogens is 270 g/mol. The van der Waals surface area contributed by atoms with E-state index in [0.29, 0.717) is 0 Å². The van der Waals surface area contributed by atoms with Crippen LogP contribution in [0, 0.1) is 6.92 Å². The molecule has 106 valence electrons. The molecule has 2 heterocycles. The predicted octanol–water partition coefficient (Wildman–Crippen LogP) is 2.62. The molecule has 20 heavy (non-hydrogen) atoms. The van der Waals surface area contributed by atoms with Crippen molar-refractivity contribution in [2.45, 2.75) is 19.2 Å². The van der Waals surface area contributed by atoms with Gasteiger partial charge < -0.3 is 10.4 Å². The first-order valence-corrected chi connectivity index (χ1v) is 7.73. The Balaban J connectivity index is 1.93. The van der Waals surface area contributed by atoms with Crippen LogP contribution >= 0.6 is 11.8 Å². The van der Waals surface area contributed by atoms with E-state index in [1.807, 2.05) is 25.3 Å². The van der Waals surface area contributed by atoms with Gasteiger partial charge in [-0.15, -0.1) is 0 Å². The lowest BCUT2D eigenvalue weighted by molar-refractivity contribution is 0.322. The lowest BCUT2D eigenvalue weighted by atomic mass is 10.2. The Morgan fingerprint density at radius 2 is 2.15 bits per heavy atom. The van der Waals surface area contributed by atoms with Crippen molar-refractivity contribution in [3.8, 4) is 0 Å². The van der Waals surface area contributed by atoms with E-state index in [2.05, 4.69) is 27.4 Å². The number of aliphatic hydroxyl groups excluding tert-OH is 1. The smallest absolute Gasteiger partial charge is 0.126 e. The summed E-state index contributed by atoms with van der Waals surface area (Å²) < 4.78 is 0. The number of aryl methyl sites for hydroxylation is 1. The summed E-state index contributed by atoms with van der Waals surface area (Å²) in [4.78, 5) is 8.59. The van der Waals surface area contributed by atoms with Gasteiger partial charge in [0.2, 0.25) is 0 Å². The van der Waals surface area contributed by atoms with E-state index in [4.69, 9.17) is 5.11 Å². The number of anilines is 1. The van der Waals surface area contributed by atoms with Crippen LogP contribution in [0.2, 0.25) is 0 Å². The number of hydrogen-bond acceptors (Lipinski definition) is 5. The highest BCUT2D eigenvalue weighted by Gasteiger charge is 2.01. The van der Waals surface area contributed by atoms with Crippen LogP contribution in [0.15, 0.2) is 36.7 Å². The Morgan fingerprint density at radius 3 is 2.95 bits per heavy atom. The Kier molecular flexibility index (Phi) is 5.83. The van der Waals surface area contributed by atoms with Gasteiger partial charge in [0.05, 0.1) is 6.61 Å². The molecular formula is C15H19N3OS. The van der Waals surface area contributed by atoms with Crippen molar-refractivity contribution in [2.24, 2.45) is 0 Å². The average Bonchev–Trinajstić information content (AvgIpc) is 2.47. The molecule has 0 bridgehead atoms. The standard InChI is InChI=1S/C15H19N3OS/c1-12-14(3-2-5-16-12)10-18-15-9-13(4-6-17-15)11-20-8-7-19/h2-6,9,19H,7-8,10-11H2,1H3,(H,17,18). The van der Waals surface area contributed by atoms with Crippen LogP contribution in [0.5, 0.6) is 0 Å². The second-order valence-electron chi connectivity index (χ2n) is 4.43. The Labute approximate surface area is 123 Å². The molecule has 0 saturated heterocycles. The van der Waals surface area contributed by atoms with E-state index in [-0.39, 0.29) is 6.61 Å². The van der Waals surface area contributed by atoms with Crippen LogP contribution in [-0.2, 0) is 12.3 Å². The number of rotatable bonds is 7. The van der Waals surface area contributed by atoms with Crippen LogP contribution in [0.4, 0.5) is 5.82 Å². The van der Waals surface area contributed by atoms with Crippen molar-refractivity contribution in [1.82, 2.24) is 9.97 Å². The summed E-state index contributed by atoms with van der Waals surface area (Å²) in [7, 11) is 0. The van der Waals surface area contributed by atoms with Crippen LogP contribution in [0.3, 0.4) is 0 Å². The number of nitrogens with one attached hydrogen (secondary N) is 1. The van der Waals surface area contributed by atoms with Gasteiger partial charge >= 0.3 is 0 Å². The quantitative estimate of drug-likeness (QED) is 0.767. The first-order valence-electron chi connectivity index (χ1n) is 6.57. The zero-order valence-electron chi connectivity index (χ0n) is 11.5. The van der Waals surface area contributed by atoms with Gasteiger partial charge in [-0.3, -0.25) is 4.98 Å². The highest BCUT2D eigenvalue weighted by molar-refractivity contribution is 7.98. The summed E-state index contributed by atoms with van der Waals surface area (Å²) in [6, 6.07) is 8.07. The number of pyridine rings is 2. The Bertz CT molecular complexity index is 548. The lowest BCUT2D eigenvalue weighted by Crippen LogP contribution is -2.04. The summed E-state index contributed by atoms with van der Waals surface area (Å²) >= 11 is 1.72. The zero-order chi connectivity index (χ0) is 14.2. The molecule has 0 saturated carbocycles. The summed E-state index contributed by atoms with van der Waals surface area (Å²) in [5.74, 6) is 2.53. The van der Waals surface area contributed by atoms with Gasteiger partial charge in [0.15, 0.2) is 0 Å². The topological polar surface area (TPSA) is 58.0 Å². The molecule has 2 aromatic rings. The van der Waals surface area contributed by atoms with Crippen LogP contribution in [0.25, 0.3) is 0 Å². The second-order valence-corrected chi connectivity index (χ2v) is 5.53. The average molecular weight is 289 g/mol. The van der Waals surface area contributed by atoms with Crippen LogP contribution in [-0.4, -0.2) is 27.4 Å². The first-order chi connectivity index (χ1) is 9.79. The Morgan fingerprint density at radius 1 is 1.25 bits per heavy atom. The second kappa shape index (κ2) is 7.87. The van der Waals surface area contributed by atoms with Crippen molar-refractivity contribution >= 4 is 17.6 Å². The molecule has 0 aliphatic heterocycles. The largest absolute Gasteiger partial charge is 0.396 e. The predicted molar refractivity (Wildman–Crippen MR) is 83.8 cm³/mol.